The van der Waals surface area contributed by atoms with E-state index < -0.39 is 0 Å². The average molecular weight is 235 g/mol. The van der Waals surface area contributed by atoms with E-state index in [9.17, 15) is 4.39 Å². The van der Waals surface area contributed by atoms with Crippen molar-refractivity contribution in [2.24, 2.45) is 5.92 Å². The van der Waals surface area contributed by atoms with Crippen LogP contribution in [-0.4, -0.2) is 30.6 Å². The minimum Gasteiger partial charge on any atom is -0.487 e. The van der Waals surface area contributed by atoms with Gasteiger partial charge in [0, 0.05) is 19.6 Å². The molecule has 0 spiro atoms. The van der Waals surface area contributed by atoms with Crippen LogP contribution in [0.15, 0.2) is 18.2 Å². The van der Waals surface area contributed by atoms with Crippen LogP contribution in [-0.2, 0) is 0 Å². The molecule has 0 aromatic heterocycles. The Balaban J connectivity index is 1.50. The van der Waals surface area contributed by atoms with Crippen LogP contribution in [0.1, 0.15) is 18.4 Å². The predicted octanol–water partition coefficient (Wildman–Crippen LogP) is 2.61. The number of ether oxygens (including phenoxy) is 1. The Kier molecular flexibility index (Phi) is 2.79. The van der Waals surface area contributed by atoms with Crippen molar-refractivity contribution in [3.8, 4) is 5.75 Å². The molecular formula is C14H18FNO. The van der Waals surface area contributed by atoms with Crippen molar-refractivity contribution in [2.75, 3.05) is 19.6 Å². The van der Waals surface area contributed by atoms with Crippen molar-refractivity contribution in [3.05, 3.63) is 29.6 Å². The molecule has 0 amide bonds. The van der Waals surface area contributed by atoms with E-state index in [0.29, 0.717) is 0 Å². The van der Waals surface area contributed by atoms with Gasteiger partial charge in [0.05, 0.1) is 0 Å². The molecule has 92 valence electrons. The fourth-order valence-electron chi connectivity index (χ4n) is 2.34. The van der Waals surface area contributed by atoms with E-state index in [1.165, 1.54) is 31.5 Å². The maximum atomic E-state index is 12.9. The molecule has 1 heterocycles. The molecule has 3 rings (SSSR count). The lowest BCUT2D eigenvalue weighted by Gasteiger charge is -2.39. The molecule has 0 unspecified atom stereocenters. The Morgan fingerprint density at radius 2 is 2.12 bits per heavy atom. The summed E-state index contributed by atoms with van der Waals surface area (Å²) in [5.41, 5.74) is 0.880. The summed E-state index contributed by atoms with van der Waals surface area (Å²) in [4.78, 5) is 2.45. The highest BCUT2D eigenvalue weighted by atomic mass is 19.1. The van der Waals surface area contributed by atoms with Gasteiger partial charge in [-0.15, -0.1) is 0 Å². The number of aryl methyl sites for hydroxylation is 1. The summed E-state index contributed by atoms with van der Waals surface area (Å²) in [6.45, 7) is 5.17. The number of hydrogen-bond acceptors (Lipinski definition) is 2. The van der Waals surface area contributed by atoms with Crippen LogP contribution in [0.2, 0.25) is 0 Å². The monoisotopic (exact) mass is 235 g/mol. The van der Waals surface area contributed by atoms with Crippen molar-refractivity contribution in [3.63, 3.8) is 0 Å². The SMILES string of the molecule is Cc1cc(F)ccc1OC1CN(CC2CC2)C1. The summed E-state index contributed by atoms with van der Waals surface area (Å²) in [6, 6.07) is 4.72. The Bertz CT molecular complexity index is 411. The second-order valence-electron chi connectivity index (χ2n) is 5.31. The Labute approximate surface area is 101 Å². The first-order valence-corrected chi connectivity index (χ1v) is 6.36. The molecule has 17 heavy (non-hydrogen) atoms. The summed E-state index contributed by atoms with van der Waals surface area (Å²) in [6.07, 6.45) is 3.09. The van der Waals surface area contributed by atoms with Crippen LogP contribution < -0.4 is 4.74 Å². The van der Waals surface area contributed by atoms with E-state index in [1.54, 1.807) is 6.07 Å². The molecule has 0 radical (unpaired) electrons. The van der Waals surface area contributed by atoms with E-state index in [0.717, 1.165) is 30.3 Å². The fraction of sp³-hybridized carbons (Fsp3) is 0.571. The zero-order valence-corrected chi connectivity index (χ0v) is 10.2. The molecule has 1 aliphatic heterocycles. The van der Waals surface area contributed by atoms with Gasteiger partial charge in [-0.25, -0.2) is 4.39 Å². The number of rotatable bonds is 4. The van der Waals surface area contributed by atoms with E-state index in [4.69, 9.17) is 4.74 Å². The van der Waals surface area contributed by atoms with Crippen molar-refractivity contribution >= 4 is 0 Å². The molecular weight excluding hydrogens is 217 g/mol. The van der Waals surface area contributed by atoms with E-state index in [1.807, 2.05) is 6.92 Å². The first kappa shape index (κ1) is 11.0. The second kappa shape index (κ2) is 4.30. The highest BCUT2D eigenvalue weighted by molar-refractivity contribution is 5.33. The number of halogens is 1. The van der Waals surface area contributed by atoms with Crippen molar-refractivity contribution in [1.82, 2.24) is 4.90 Å². The summed E-state index contributed by atoms with van der Waals surface area (Å²) in [7, 11) is 0. The molecule has 2 nitrogen and oxygen atoms in total. The van der Waals surface area contributed by atoms with Crippen LogP contribution in [0, 0.1) is 18.7 Å². The van der Waals surface area contributed by atoms with Crippen LogP contribution >= 0.6 is 0 Å². The van der Waals surface area contributed by atoms with Gasteiger partial charge in [0.15, 0.2) is 0 Å². The highest BCUT2D eigenvalue weighted by Gasteiger charge is 2.33. The third-order valence-corrected chi connectivity index (χ3v) is 3.57. The lowest BCUT2D eigenvalue weighted by molar-refractivity contribution is 0.0167. The van der Waals surface area contributed by atoms with Gasteiger partial charge >= 0.3 is 0 Å². The molecule has 0 atom stereocenters. The highest BCUT2D eigenvalue weighted by Crippen LogP contribution is 2.31. The fourth-order valence-corrected chi connectivity index (χ4v) is 2.34. The third-order valence-electron chi connectivity index (χ3n) is 3.57. The average Bonchev–Trinajstić information content (AvgIpc) is 3.02. The topological polar surface area (TPSA) is 12.5 Å². The van der Waals surface area contributed by atoms with Gasteiger partial charge < -0.3 is 4.74 Å². The molecule has 1 aliphatic carbocycles. The largest absolute Gasteiger partial charge is 0.487 e. The van der Waals surface area contributed by atoms with Crippen molar-refractivity contribution in [2.45, 2.75) is 25.9 Å². The zero-order chi connectivity index (χ0) is 11.8. The van der Waals surface area contributed by atoms with Crippen LogP contribution in [0.4, 0.5) is 4.39 Å². The zero-order valence-electron chi connectivity index (χ0n) is 10.2. The number of nitrogens with zero attached hydrogens (tertiary/aromatic N) is 1. The molecule has 2 aliphatic rings. The van der Waals surface area contributed by atoms with Crippen LogP contribution in [0.3, 0.4) is 0 Å². The molecule has 1 aromatic carbocycles. The minimum absolute atomic E-state index is 0.196. The van der Waals surface area contributed by atoms with Gasteiger partial charge in [0.1, 0.15) is 17.7 Å². The molecule has 2 fully saturated rings. The Morgan fingerprint density at radius 3 is 2.76 bits per heavy atom. The summed E-state index contributed by atoms with van der Waals surface area (Å²) in [5, 5.41) is 0. The molecule has 0 N–H and O–H groups in total. The van der Waals surface area contributed by atoms with E-state index in [-0.39, 0.29) is 11.9 Å². The van der Waals surface area contributed by atoms with Gasteiger partial charge in [-0.2, -0.15) is 0 Å². The first-order valence-electron chi connectivity index (χ1n) is 6.36. The van der Waals surface area contributed by atoms with Gasteiger partial charge in [0.25, 0.3) is 0 Å². The third kappa shape index (κ3) is 2.60. The molecule has 1 saturated heterocycles. The minimum atomic E-state index is -0.196. The number of hydrogen-bond donors (Lipinski definition) is 0. The second-order valence-corrected chi connectivity index (χ2v) is 5.31. The van der Waals surface area contributed by atoms with Gasteiger partial charge in [-0.1, -0.05) is 0 Å². The van der Waals surface area contributed by atoms with Gasteiger partial charge in [-0.05, 0) is 49.4 Å². The number of benzene rings is 1. The van der Waals surface area contributed by atoms with Crippen molar-refractivity contribution < 1.29 is 9.13 Å². The first-order chi connectivity index (χ1) is 8.20. The summed E-state index contributed by atoms with van der Waals surface area (Å²) >= 11 is 0. The van der Waals surface area contributed by atoms with Gasteiger partial charge in [-0.3, -0.25) is 4.90 Å². The van der Waals surface area contributed by atoms with Gasteiger partial charge in [0.2, 0.25) is 0 Å². The normalized spacial score (nSPS) is 21.3. The van der Waals surface area contributed by atoms with Crippen molar-refractivity contribution in [1.29, 1.82) is 0 Å². The quantitative estimate of drug-likeness (QED) is 0.795. The van der Waals surface area contributed by atoms with Crippen LogP contribution in [0.5, 0.6) is 5.75 Å². The van der Waals surface area contributed by atoms with E-state index >= 15 is 0 Å². The lowest BCUT2D eigenvalue weighted by Crippen LogP contribution is -2.54. The Hall–Kier alpha value is -1.09. The molecule has 1 saturated carbocycles. The predicted molar refractivity (Wildman–Crippen MR) is 64.7 cm³/mol. The maximum Gasteiger partial charge on any atom is 0.124 e. The maximum absolute atomic E-state index is 12.9. The standard InChI is InChI=1S/C14H18FNO/c1-10-6-12(15)4-5-14(10)17-13-8-16(9-13)7-11-2-3-11/h4-6,11,13H,2-3,7-9H2,1H3. The lowest BCUT2D eigenvalue weighted by atomic mass is 10.1. The van der Waals surface area contributed by atoms with E-state index in [2.05, 4.69) is 4.90 Å². The molecule has 3 heteroatoms. The number of likely N-dealkylation sites (tertiary alicyclic amines) is 1. The van der Waals surface area contributed by atoms with Crippen LogP contribution in [0.25, 0.3) is 0 Å². The Morgan fingerprint density at radius 1 is 1.35 bits per heavy atom. The summed E-state index contributed by atoms with van der Waals surface area (Å²) < 4.78 is 18.8. The summed E-state index contributed by atoms with van der Waals surface area (Å²) in [5.74, 6) is 1.57. The molecule has 0 bridgehead atoms. The smallest absolute Gasteiger partial charge is 0.124 e. The molecule has 1 aromatic rings.